The largest absolute Gasteiger partial charge is 0.493 e. The van der Waals surface area contributed by atoms with Gasteiger partial charge in [0.05, 0.1) is 12.0 Å². The van der Waals surface area contributed by atoms with Gasteiger partial charge in [-0.2, -0.15) is 13.2 Å². The number of piperidine rings is 2. The molecular weight excluding hydrogens is 492 g/mol. The average molecular weight is 531 g/mol. The number of hydrogen-bond acceptors (Lipinski definition) is 3. The molecule has 3 nitrogen and oxygen atoms in total. The second-order valence-corrected chi connectivity index (χ2v) is 11.4. The summed E-state index contributed by atoms with van der Waals surface area (Å²) in [5.41, 5.74) is 1.91. The molecule has 3 fully saturated rings. The van der Waals surface area contributed by atoms with E-state index in [4.69, 9.17) is 4.74 Å². The van der Waals surface area contributed by atoms with Gasteiger partial charge in [0, 0.05) is 37.0 Å². The smallest absolute Gasteiger partial charge is 0.395 e. The molecule has 1 saturated carbocycles. The number of hydrogen-bond donors (Lipinski definition) is 0. The second-order valence-electron chi connectivity index (χ2n) is 11.4. The van der Waals surface area contributed by atoms with Gasteiger partial charge in [-0.1, -0.05) is 37.3 Å². The van der Waals surface area contributed by atoms with E-state index in [1.54, 1.807) is 12.1 Å². The van der Waals surface area contributed by atoms with Crippen molar-refractivity contribution in [1.82, 2.24) is 9.80 Å². The summed E-state index contributed by atoms with van der Waals surface area (Å²) in [6.45, 7) is 8.20. The highest BCUT2D eigenvalue weighted by molar-refractivity contribution is 5.69. The molecule has 0 bridgehead atoms. The number of benzene rings is 2. The van der Waals surface area contributed by atoms with Gasteiger partial charge in [0.25, 0.3) is 0 Å². The molecular formula is C31H38F4N2O. The summed E-state index contributed by atoms with van der Waals surface area (Å²) in [6, 6.07) is 12.8. The van der Waals surface area contributed by atoms with Crippen LogP contribution in [0.3, 0.4) is 0 Å². The van der Waals surface area contributed by atoms with E-state index in [1.807, 2.05) is 29.2 Å². The van der Waals surface area contributed by atoms with Crippen molar-refractivity contribution in [2.24, 2.45) is 11.3 Å². The number of alkyl halides is 3. The third kappa shape index (κ3) is 5.88. The van der Waals surface area contributed by atoms with Crippen molar-refractivity contribution in [3.05, 3.63) is 60.4 Å². The molecule has 7 heteroatoms. The zero-order valence-corrected chi connectivity index (χ0v) is 22.0. The van der Waals surface area contributed by atoms with E-state index in [0.29, 0.717) is 37.4 Å². The summed E-state index contributed by atoms with van der Waals surface area (Å²) >= 11 is 0. The normalized spacial score (nSPS) is 20.7. The van der Waals surface area contributed by atoms with Crippen LogP contribution < -0.4 is 4.74 Å². The fraction of sp³-hybridized carbons (Fsp3) is 0.548. The molecule has 0 amide bonds. The predicted octanol–water partition coefficient (Wildman–Crippen LogP) is 7.77. The van der Waals surface area contributed by atoms with E-state index in [2.05, 4.69) is 11.5 Å². The molecule has 2 aromatic carbocycles. The quantitative estimate of drug-likeness (QED) is 0.324. The van der Waals surface area contributed by atoms with Gasteiger partial charge in [-0.05, 0) is 87.2 Å². The van der Waals surface area contributed by atoms with Gasteiger partial charge in [0.15, 0.2) is 0 Å². The van der Waals surface area contributed by atoms with Crippen LogP contribution in [0.5, 0.6) is 5.75 Å². The molecule has 0 radical (unpaired) electrons. The van der Waals surface area contributed by atoms with Crippen molar-refractivity contribution >= 4 is 5.70 Å². The average Bonchev–Trinajstić information content (AvgIpc) is 2.90. The van der Waals surface area contributed by atoms with E-state index in [-0.39, 0.29) is 31.1 Å². The van der Waals surface area contributed by atoms with Crippen LogP contribution in [-0.2, 0) is 0 Å². The Kier molecular flexibility index (Phi) is 8.03. The zero-order chi connectivity index (χ0) is 26.8. The van der Waals surface area contributed by atoms with Gasteiger partial charge in [0.1, 0.15) is 11.6 Å². The summed E-state index contributed by atoms with van der Waals surface area (Å²) in [5, 5.41) is 0. The van der Waals surface area contributed by atoms with Crippen LogP contribution in [-0.4, -0.2) is 55.3 Å². The van der Waals surface area contributed by atoms with Crippen LogP contribution in [0.2, 0.25) is 0 Å². The molecule has 1 aliphatic carbocycles. The fourth-order valence-corrected chi connectivity index (χ4v) is 6.10. The highest BCUT2D eigenvalue weighted by atomic mass is 19.4. The van der Waals surface area contributed by atoms with E-state index < -0.39 is 11.6 Å². The summed E-state index contributed by atoms with van der Waals surface area (Å²) in [7, 11) is 0. The molecule has 38 heavy (non-hydrogen) atoms. The lowest BCUT2D eigenvalue weighted by Crippen LogP contribution is -2.53. The van der Waals surface area contributed by atoms with Crippen molar-refractivity contribution in [3.8, 4) is 16.9 Å². The van der Waals surface area contributed by atoms with Crippen molar-refractivity contribution < 1.29 is 22.3 Å². The second kappa shape index (κ2) is 11.3. The van der Waals surface area contributed by atoms with E-state index in [0.717, 1.165) is 42.8 Å². The monoisotopic (exact) mass is 530 g/mol. The molecule has 0 unspecified atom stereocenters. The molecule has 2 aliphatic heterocycles. The summed E-state index contributed by atoms with van der Waals surface area (Å²) < 4.78 is 61.4. The molecule has 5 rings (SSSR count). The first kappa shape index (κ1) is 27.0. The van der Waals surface area contributed by atoms with Crippen molar-refractivity contribution in [2.45, 2.75) is 57.5 Å². The Bertz CT molecular complexity index is 1100. The number of halogens is 4. The lowest BCUT2D eigenvalue weighted by molar-refractivity contribution is -0.256. The molecule has 0 spiro atoms. The maximum Gasteiger partial charge on any atom is 0.395 e. The Morgan fingerprint density at radius 1 is 0.921 bits per heavy atom. The number of nitrogens with zero attached hydrogens (tertiary/aromatic N) is 2. The highest BCUT2D eigenvalue weighted by Crippen LogP contribution is 2.53. The predicted molar refractivity (Wildman–Crippen MR) is 143 cm³/mol. The van der Waals surface area contributed by atoms with Crippen molar-refractivity contribution in [2.75, 3.05) is 39.3 Å². The maximum absolute atomic E-state index is 15.0. The molecule has 2 saturated heterocycles. The van der Waals surface area contributed by atoms with E-state index >= 15 is 0 Å². The van der Waals surface area contributed by atoms with Crippen molar-refractivity contribution in [3.63, 3.8) is 0 Å². The first-order chi connectivity index (χ1) is 18.2. The third-order valence-electron chi connectivity index (χ3n) is 8.84. The Hall–Kier alpha value is -2.54. The molecule has 3 aliphatic rings. The standard InChI is InChI=1S/C31H38F4N2O/c1-23(37-16-3-2-4-17-37)25-6-8-26(9-7-25)28-11-10-27(20-29(28)32)38-21-24-12-18-36(19-13-24)22-30(14-5-15-30)31(33,34)35/h6-11,20,24H,1-5,12-19,21-22H2. The van der Waals surface area contributed by atoms with Crippen LogP contribution >= 0.6 is 0 Å². The van der Waals surface area contributed by atoms with Gasteiger partial charge < -0.3 is 14.5 Å². The fourth-order valence-electron chi connectivity index (χ4n) is 6.10. The van der Waals surface area contributed by atoms with Crippen LogP contribution in [0.1, 0.15) is 56.9 Å². The molecule has 2 heterocycles. The molecule has 0 N–H and O–H groups in total. The minimum atomic E-state index is -4.12. The van der Waals surface area contributed by atoms with Crippen LogP contribution in [0.4, 0.5) is 17.6 Å². The van der Waals surface area contributed by atoms with E-state index in [1.165, 1.54) is 25.3 Å². The lowest BCUT2D eigenvalue weighted by Gasteiger charge is -2.47. The van der Waals surface area contributed by atoms with Crippen LogP contribution in [0, 0.1) is 17.2 Å². The maximum atomic E-state index is 15.0. The van der Waals surface area contributed by atoms with Crippen molar-refractivity contribution in [1.29, 1.82) is 0 Å². The molecule has 206 valence electrons. The third-order valence-corrected chi connectivity index (χ3v) is 8.84. The van der Waals surface area contributed by atoms with Gasteiger partial charge in [-0.15, -0.1) is 0 Å². The van der Waals surface area contributed by atoms with Gasteiger partial charge >= 0.3 is 6.18 Å². The first-order valence-corrected chi connectivity index (χ1v) is 14.0. The number of likely N-dealkylation sites (tertiary alicyclic amines) is 2. The Morgan fingerprint density at radius 3 is 2.18 bits per heavy atom. The molecule has 0 atom stereocenters. The zero-order valence-electron chi connectivity index (χ0n) is 22.0. The van der Waals surface area contributed by atoms with Crippen LogP contribution in [0.25, 0.3) is 16.8 Å². The summed E-state index contributed by atoms with van der Waals surface area (Å²) in [4.78, 5) is 4.28. The number of ether oxygens (including phenoxy) is 1. The van der Waals surface area contributed by atoms with Gasteiger partial charge in [-0.3, -0.25) is 0 Å². The van der Waals surface area contributed by atoms with Gasteiger partial charge in [-0.25, -0.2) is 4.39 Å². The SMILES string of the molecule is C=C(c1ccc(-c2ccc(OCC3CCN(CC4(C(F)(F)F)CCC4)CC3)cc2F)cc1)N1CCCCC1. The number of rotatable bonds is 8. The summed E-state index contributed by atoms with van der Waals surface area (Å²) in [6.07, 6.45) is 2.29. The molecule has 2 aromatic rings. The Balaban J connectivity index is 1.11. The minimum absolute atomic E-state index is 0.115. The Morgan fingerprint density at radius 2 is 1.61 bits per heavy atom. The van der Waals surface area contributed by atoms with Crippen LogP contribution in [0.15, 0.2) is 49.0 Å². The Labute approximate surface area is 223 Å². The lowest BCUT2D eigenvalue weighted by atomic mass is 9.67. The van der Waals surface area contributed by atoms with Gasteiger partial charge in [0.2, 0.25) is 0 Å². The topological polar surface area (TPSA) is 15.7 Å². The van der Waals surface area contributed by atoms with E-state index in [9.17, 15) is 17.6 Å². The molecule has 0 aromatic heterocycles. The highest BCUT2D eigenvalue weighted by Gasteiger charge is 2.58. The summed E-state index contributed by atoms with van der Waals surface area (Å²) in [5.74, 6) is 0.407. The first-order valence-electron chi connectivity index (χ1n) is 14.0. The minimum Gasteiger partial charge on any atom is -0.493 e.